The Morgan fingerprint density at radius 2 is 2.04 bits per heavy atom. The van der Waals surface area contributed by atoms with Gasteiger partial charge >= 0.3 is 0 Å². The second-order valence-corrected chi connectivity index (χ2v) is 7.30. The molecule has 156 valence electrons. The van der Waals surface area contributed by atoms with Crippen LogP contribution in [0.1, 0.15) is 25.8 Å². The first kappa shape index (κ1) is 24.1. The van der Waals surface area contributed by atoms with Crippen molar-refractivity contribution in [3.8, 4) is 0 Å². The van der Waals surface area contributed by atoms with Gasteiger partial charge in [-0.1, -0.05) is 0 Å². The summed E-state index contributed by atoms with van der Waals surface area (Å²) in [6, 6.07) is 0. The predicted molar refractivity (Wildman–Crippen MR) is 121 cm³/mol. The van der Waals surface area contributed by atoms with E-state index in [0.717, 1.165) is 50.8 Å². The van der Waals surface area contributed by atoms with E-state index in [1.54, 1.807) is 17.8 Å². The largest absolute Gasteiger partial charge is 0.383 e. The van der Waals surface area contributed by atoms with Crippen molar-refractivity contribution in [3.63, 3.8) is 0 Å². The van der Waals surface area contributed by atoms with Crippen LogP contribution in [-0.4, -0.2) is 90.1 Å². The smallest absolute Gasteiger partial charge is 0.191 e. The number of likely N-dealkylation sites (N-methyl/N-ethyl adjacent to an activating group) is 1. The molecule has 8 nitrogen and oxygen atoms in total. The van der Waals surface area contributed by atoms with Crippen LogP contribution in [0.25, 0.3) is 0 Å². The summed E-state index contributed by atoms with van der Waals surface area (Å²) in [5.41, 5.74) is -0.264. The summed E-state index contributed by atoms with van der Waals surface area (Å²) in [7, 11) is 4.03. The van der Waals surface area contributed by atoms with Crippen molar-refractivity contribution in [1.82, 2.24) is 30.2 Å². The van der Waals surface area contributed by atoms with Crippen LogP contribution < -0.4 is 10.6 Å². The fourth-order valence-electron chi connectivity index (χ4n) is 3.02. The van der Waals surface area contributed by atoms with E-state index in [1.807, 2.05) is 20.2 Å². The molecule has 3 N–H and O–H groups in total. The van der Waals surface area contributed by atoms with Crippen LogP contribution in [0.5, 0.6) is 0 Å². The molecule has 0 bridgehead atoms. The molecule has 0 aromatic carbocycles. The average Bonchev–Trinajstić information content (AvgIpc) is 2.94. The van der Waals surface area contributed by atoms with E-state index in [0.29, 0.717) is 0 Å². The molecule has 1 aromatic rings. The van der Waals surface area contributed by atoms with Crippen LogP contribution in [-0.2, 0) is 12.6 Å². The molecule has 0 aliphatic carbocycles. The molecule has 0 spiro atoms. The SMILES string of the molecule is CCNC(=NCC(C)(O)c1cnn(C)c1)NCCN1CCCN(C)CC1.I. The highest BCUT2D eigenvalue weighted by Crippen LogP contribution is 2.19. The van der Waals surface area contributed by atoms with Crippen molar-refractivity contribution in [2.45, 2.75) is 25.9 Å². The Labute approximate surface area is 180 Å². The molecule has 9 heteroatoms. The number of nitrogens with zero attached hydrogens (tertiary/aromatic N) is 5. The van der Waals surface area contributed by atoms with Crippen LogP contribution >= 0.6 is 24.0 Å². The molecule has 1 aliphatic rings. The first-order valence-electron chi connectivity index (χ1n) is 9.55. The summed E-state index contributed by atoms with van der Waals surface area (Å²) in [5, 5.41) is 21.4. The number of hydrogen-bond donors (Lipinski definition) is 3. The van der Waals surface area contributed by atoms with Crippen molar-refractivity contribution in [2.75, 3.05) is 59.4 Å². The second kappa shape index (κ2) is 11.8. The lowest BCUT2D eigenvalue weighted by atomic mass is 10.0. The first-order valence-corrected chi connectivity index (χ1v) is 9.55. The minimum atomic E-state index is -1.04. The Hall–Kier alpha value is -0.910. The molecule has 1 atom stereocenters. The second-order valence-electron chi connectivity index (χ2n) is 7.30. The summed E-state index contributed by atoms with van der Waals surface area (Å²) in [4.78, 5) is 9.44. The van der Waals surface area contributed by atoms with E-state index in [2.05, 4.69) is 37.6 Å². The maximum Gasteiger partial charge on any atom is 0.191 e. The third kappa shape index (κ3) is 8.32. The van der Waals surface area contributed by atoms with Crippen molar-refractivity contribution < 1.29 is 5.11 Å². The minimum Gasteiger partial charge on any atom is -0.383 e. The molecule has 1 aromatic heterocycles. The maximum atomic E-state index is 10.7. The zero-order valence-corrected chi connectivity index (χ0v) is 19.4. The van der Waals surface area contributed by atoms with Gasteiger partial charge in [0.25, 0.3) is 0 Å². The Morgan fingerprint density at radius 3 is 2.70 bits per heavy atom. The summed E-state index contributed by atoms with van der Waals surface area (Å²) in [6.45, 7) is 11.3. The third-order valence-electron chi connectivity index (χ3n) is 4.75. The van der Waals surface area contributed by atoms with Gasteiger partial charge in [0, 0.05) is 51.5 Å². The molecule has 0 amide bonds. The van der Waals surface area contributed by atoms with E-state index < -0.39 is 5.60 Å². The molecular formula is C18H36IN7O. The van der Waals surface area contributed by atoms with Gasteiger partial charge in [0.15, 0.2) is 5.96 Å². The van der Waals surface area contributed by atoms with E-state index in [1.165, 1.54) is 13.0 Å². The highest BCUT2D eigenvalue weighted by atomic mass is 127. The monoisotopic (exact) mass is 493 g/mol. The van der Waals surface area contributed by atoms with Crippen molar-refractivity contribution in [3.05, 3.63) is 18.0 Å². The normalized spacial score (nSPS) is 19.1. The molecule has 0 radical (unpaired) electrons. The van der Waals surface area contributed by atoms with Crippen molar-refractivity contribution in [1.29, 1.82) is 0 Å². The fourth-order valence-corrected chi connectivity index (χ4v) is 3.02. The number of aryl methyl sites for hydroxylation is 1. The number of aliphatic hydroxyl groups is 1. The number of guanidine groups is 1. The standard InChI is InChI=1S/C18H35N7O.HI/c1-5-19-17(20-7-10-25-9-6-8-23(3)11-12-25)21-15-18(2,26)16-13-22-24(4)14-16;/h13-14,26H,5-12,15H2,1-4H3,(H2,19,20,21);1H. The van der Waals surface area contributed by atoms with Gasteiger partial charge in [-0.05, 0) is 40.4 Å². The Balaban J connectivity index is 0.00000364. The van der Waals surface area contributed by atoms with Gasteiger partial charge < -0.3 is 25.5 Å². The van der Waals surface area contributed by atoms with Gasteiger partial charge in [-0.15, -0.1) is 24.0 Å². The number of nitrogens with one attached hydrogen (secondary N) is 2. The van der Waals surface area contributed by atoms with Crippen LogP contribution in [0.2, 0.25) is 0 Å². The molecule has 0 saturated carbocycles. The number of hydrogen-bond acceptors (Lipinski definition) is 5. The molecule has 1 aliphatic heterocycles. The average molecular weight is 493 g/mol. The zero-order valence-electron chi connectivity index (χ0n) is 17.1. The lowest BCUT2D eigenvalue weighted by molar-refractivity contribution is 0.0672. The minimum absolute atomic E-state index is 0. The number of aliphatic imine (C=N–C) groups is 1. The summed E-state index contributed by atoms with van der Waals surface area (Å²) in [5.74, 6) is 0.739. The lowest BCUT2D eigenvalue weighted by Gasteiger charge is -2.22. The van der Waals surface area contributed by atoms with E-state index in [-0.39, 0.29) is 30.5 Å². The van der Waals surface area contributed by atoms with Crippen LogP contribution in [0.4, 0.5) is 0 Å². The van der Waals surface area contributed by atoms with E-state index >= 15 is 0 Å². The van der Waals surface area contributed by atoms with Crippen molar-refractivity contribution in [2.24, 2.45) is 12.0 Å². The van der Waals surface area contributed by atoms with E-state index in [4.69, 9.17) is 0 Å². The van der Waals surface area contributed by atoms with Gasteiger partial charge in [-0.3, -0.25) is 4.68 Å². The third-order valence-corrected chi connectivity index (χ3v) is 4.75. The molecule has 1 unspecified atom stereocenters. The molecule has 2 rings (SSSR count). The highest BCUT2D eigenvalue weighted by molar-refractivity contribution is 14.0. The summed E-state index contributed by atoms with van der Waals surface area (Å²) < 4.78 is 1.69. The molecule has 2 heterocycles. The van der Waals surface area contributed by atoms with Gasteiger partial charge in [0.2, 0.25) is 0 Å². The van der Waals surface area contributed by atoms with Gasteiger partial charge in [-0.25, -0.2) is 4.99 Å². The van der Waals surface area contributed by atoms with Crippen LogP contribution in [0.3, 0.4) is 0 Å². The maximum absolute atomic E-state index is 10.7. The van der Waals surface area contributed by atoms with Gasteiger partial charge in [0.05, 0.1) is 12.7 Å². The van der Waals surface area contributed by atoms with E-state index in [9.17, 15) is 5.11 Å². The zero-order chi connectivity index (χ0) is 19.0. The number of aromatic nitrogens is 2. The lowest BCUT2D eigenvalue weighted by Crippen LogP contribution is -2.43. The quantitative estimate of drug-likeness (QED) is 0.291. The molecule has 1 fully saturated rings. The summed E-state index contributed by atoms with van der Waals surface area (Å²) in [6.07, 6.45) is 4.73. The van der Waals surface area contributed by atoms with Crippen LogP contribution in [0.15, 0.2) is 17.4 Å². The molecule has 1 saturated heterocycles. The summed E-state index contributed by atoms with van der Waals surface area (Å²) >= 11 is 0. The topological polar surface area (TPSA) is 80.9 Å². The highest BCUT2D eigenvalue weighted by Gasteiger charge is 2.24. The van der Waals surface area contributed by atoms with Gasteiger partial charge in [-0.2, -0.15) is 5.10 Å². The Bertz CT molecular complexity index is 576. The molecule has 27 heavy (non-hydrogen) atoms. The number of rotatable bonds is 7. The van der Waals surface area contributed by atoms with Crippen LogP contribution in [0, 0.1) is 0 Å². The predicted octanol–water partition coefficient (Wildman–Crippen LogP) is 0.438. The Morgan fingerprint density at radius 1 is 1.26 bits per heavy atom. The fraction of sp³-hybridized carbons (Fsp3) is 0.778. The first-order chi connectivity index (χ1) is 12.4. The number of halogens is 1. The molecular weight excluding hydrogens is 457 g/mol. The Kier molecular flexibility index (Phi) is 10.6. The van der Waals surface area contributed by atoms with Gasteiger partial charge in [0.1, 0.15) is 5.60 Å². The van der Waals surface area contributed by atoms with Crippen molar-refractivity contribution >= 4 is 29.9 Å².